The Bertz CT molecular complexity index is 208. The zero-order chi connectivity index (χ0) is 12.7. The van der Waals surface area contributed by atoms with E-state index in [4.69, 9.17) is 4.74 Å². The Morgan fingerprint density at radius 1 is 1.18 bits per heavy atom. The fourth-order valence-electron chi connectivity index (χ4n) is 2.94. The van der Waals surface area contributed by atoms with Gasteiger partial charge in [0.25, 0.3) is 0 Å². The number of rotatable bonds is 8. The number of hydrogen-bond acceptors (Lipinski definition) is 3. The Kier molecular flexibility index (Phi) is 6.45. The van der Waals surface area contributed by atoms with Crippen molar-refractivity contribution in [3.05, 3.63) is 0 Å². The fraction of sp³-hybridized carbons (Fsp3) is 1.00. The average molecular weight is 244 g/mol. The SMILES string of the molecule is CCCCC1CC(CO)OC1(CO)CCCC. The van der Waals surface area contributed by atoms with Gasteiger partial charge in [0.15, 0.2) is 0 Å². The molecule has 0 bridgehead atoms. The molecule has 0 aromatic carbocycles. The molecule has 0 saturated carbocycles. The second kappa shape index (κ2) is 7.34. The van der Waals surface area contributed by atoms with Crippen molar-refractivity contribution in [2.75, 3.05) is 13.2 Å². The maximum atomic E-state index is 9.72. The van der Waals surface area contributed by atoms with Crippen molar-refractivity contribution in [2.45, 2.75) is 70.5 Å². The molecule has 0 aliphatic carbocycles. The van der Waals surface area contributed by atoms with Crippen molar-refractivity contribution in [3.8, 4) is 0 Å². The minimum atomic E-state index is -0.376. The van der Waals surface area contributed by atoms with E-state index < -0.39 is 0 Å². The van der Waals surface area contributed by atoms with Crippen LogP contribution in [0.15, 0.2) is 0 Å². The number of aliphatic hydroxyl groups is 2. The summed E-state index contributed by atoms with van der Waals surface area (Å²) in [5.41, 5.74) is -0.376. The largest absolute Gasteiger partial charge is 0.394 e. The lowest BCUT2D eigenvalue weighted by atomic mass is 9.80. The number of ether oxygens (including phenoxy) is 1. The lowest BCUT2D eigenvalue weighted by Gasteiger charge is -2.33. The van der Waals surface area contributed by atoms with E-state index in [0.29, 0.717) is 5.92 Å². The molecule has 0 aromatic heterocycles. The van der Waals surface area contributed by atoms with Crippen LogP contribution in [0.1, 0.15) is 58.8 Å². The summed E-state index contributed by atoms with van der Waals surface area (Å²) in [7, 11) is 0. The second-order valence-corrected chi connectivity index (χ2v) is 5.32. The molecule has 3 atom stereocenters. The normalized spacial score (nSPS) is 33.2. The maximum Gasteiger partial charge on any atom is 0.0945 e. The number of unbranched alkanes of at least 4 members (excludes halogenated alkanes) is 2. The first-order valence-electron chi connectivity index (χ1n) is 7.12. The van der Waals surface area contributed by atoms with Crippen LogP contribution >= 0.6 is 0 Å². The van der Waals surface area contributed by atoms with E-state index in [0.717, 1.165) is 32.1 Å². The molecule has 1 fully saturated rings. The lowest BCUT2D eigenvalue weighted by Crippen LogP contribution is -2.40. The Morgan fingerprint density at radius 3 is 2.41 bits per heavy atom. The third-order valence-electron chi connectivity index (χ3n) is 4.02. The highest BCUT2D eigenvalue weighted by atomic mass is 16.5. The van der Waals surface area contributed by atoms with Crippen LogP contribution in [-0.4, -0.2) is 35.1 Å². The van der Waals surface area contributed by atoms with Crippen LogP contribution in [0.25, 0.3) is 0 Å². The van der Waals surface area contributed by atoms with E-state index in [-0.39, 0.29) is 24.9 Å². The minimum Gasteiger partial charge on any atom is -0.394 e. The molecule has 0 radical (unpaired) electrons. The number of hydrogen-bond donors (Lipinski definition) is 2. The first-order chi connectivity index (χ1) is 8.22. The molecule has 3 heteroatoms. The quantitative estimate of drug-likeness (QED) is 0.689. The number of aliphatic hydroxyl groups excluding tert-OH is 2. The lowest BCUT2D eigenvalue weighted by molar-refractivity contribution is -0.107. The highest BCUT2D eigenvalue weighted by molar-refractivity contribution is 4.95. The topological polar surface area (TPSA) is 49.7 Å². The highest BCUT2D eigenvalue weighted by Gasteiger charge is 2.46. The molecule has 0 amide bonds. The van der Waals surface area contributed by atoms with Crippen molar-refractivity contribution < 1.29 is 14.9 Å². The van der Waals surface area contributed by atoms with E-state index in [9.17, 15) is 10.2 Å². The third-order valence-corrected chi connectivity index (χ3v) is 4.02. The smallest absolute Gasteiger partial charge is 0.0945 e. The summed E-state index contributed by atoms with van der Waals surface area (Å²) in [6.07, 6.45) is 7.43. The van der Waals surface area contributed by atoms with E-state index >= 15 is 0 Å². The predicted molar refractivity (Wildman–Crippen MR) is 68.9 cm³/mol. The summed E-state index contributed by atoms with van der Waals surface area (Å²) in [6.45, 7) is 4.52. The fourth-order valence-corrected chi connectivity index (χ4v) is 2.94. The molecule has 1 heterocycles. The van der Waals surface area contributed by atoms with Crippen LogP contribution in [0.5, 0.6) is 0 Å². The summed E-state index contributed by atoms with van der Waals surface area (Å²) >= 11 is 0. The van der Waals surface area contributed by atoms with Crippen molar-refractivity contribution in [1.82, 2.24) is 0 Å². The summed E-state index contributed by atoms with van der Waals surface area (Å²) in [5, 5.41) is 19.0. The molecule has 0 spiro atoms. The average Bonchev–Trinajstić information content (AvgIpc) is 2.72. The van der Waals surface area contributed by atoms with Gasteiger partial charge in [-0.05, 0) is 25.2 Å². The summed E-state index contributed by atoms with van der Waals surface area (Å²) < 4.78 is 5.96. The van der Waals surface area contributed by atoms with Gasteiger partial charge in [-0.1, -0.05) is 39.5 Å². The van der Waals surface area contributed by atoms with Crippen molar-refractivity contribution in [2.24, 2.45) is 5.92 Å². The van der Waals surface area contributed by atoms with Crippen molar-refractivity contribution in [3.63, 3.8) is 0 Å². The molecule has 102 valence electrons. The van der Waals surface area contributed by atoms with E-state index in [1.165, 1.54) is 12.8 Å². The molecule has 3 unspecified atom stereocenters. The molecule has 0 aromatic rings. The van der Waals surface area contributed by atoms with Crippen molar-refractivity contribution >= 4 is 0 Å². The van der Waals surface area contributed by atoms with Gasteiger partial charge in [-0.3, -0.25) is 0 Å². The highest BCUT2D eigenvalue weighted by Crippen LogP contribution is 2.42. The van der Waals surface area contributed by atoms with Crippen LogP contribution in [-0.2, 0) is 4.74 Å². The van der Waals surface area contributed by atoms with Gasteiger partial charge >= 0.3 is 0 Å². The first kappa shape index (κ1) is 14.9. The summed E-state index contributed by atoms with van der Waals surface area (Å²) in [4.78, 5) is 0. The maximum absolute atomic E-state index is 9.72. The molecule has 1 rings (SSSR count). The van der Waals surface area contributed by atoms with Crippen LogP contribution in [0.4, 0.5) is 0 Å². The molecular formula is C14H28O3. The van der Waals surface area contributed by atoms with Gasteiger partial charge in [-0.15, -0.1) is 0 Å². The van der Waals surface area contributed by atoms with Gasteiger partial charge in [0.1, 0.15) is 0 Å². The monoisotopic (exact) mass is 244 g/mol. The zero-order valence-corrected chi connectivity index (χ0v) is 11.3. The molecular weight excluding hydrogens is 216 g/mol. The van der Waals surface area contributed by atoms with Gasteiger partial charge < -0.3 is 14.9 Å². The molecule has 2 N–H and O–H groups in total. The molecule has 1 aliphatic heterocycles. The summed E-state index contributed by atoms with van der Waals surface area (Å²) in [6, 6.07) is 0. The Hall–Kier alpha value is -0.120. The van der Waals surface area contributed by atoms with E-state index in [1.807, 2.05) is 0 Å². The van der Waals surface area contributed by atoms with Gasteiger partial charge in [0, 0.05) is 0 Å². The molecule has 1 aliphatic rings. The first-order valence-corrected chi connectivity index (χ1v) is 7.12. The Balaban J connectivity index is 2.66. The van der Waals surface area contributed by atoms with Crippen LogP contribution in [0.3, 0.4) is 0 Å². The third kappa shape index (κ3) is 3.67. The zero-order valence-electron chi connectivity index (χ0n) is 11.3. The Labute approximate surface area is 105 Å². The predicted octanol–water partition coefficient (Wildman–Crippen LogP) is 2.50. The van der Waals surface area contributed by atoms with Gasteiger partial charge in [0.05, 0.1) is 24.9 Å². The van der Waals surface area contributed by atoms with Crippen molar-refractivity contribution in [1.29, 1.82) is 0 Å². The van der Waals surface area contributed by atoms with Gasteiger partial charge in [-0.25, -0.2) is 0 Å². The standard InChI is InChI=1S/C14H28O3/c1-3-5-7-12-9-13(10-15)17-14(12,11-16)8-6-4-2/h12-13,15-16H,3-11H2,1-2H3. The van der Waals surface area contributed by atoms with E-state index in [2.05, 4.69) is 13.8 Å². The van der Waals surface area contributed by atoms with E-state index in [1.54, 1.807) is 0 Å². The van der Waals surface area contributed by atoms with Crippen LogP contribution in [0.2, 0.25) is 0 Å². The second-order valence-electron chi connectivity index (χ2n) is 5.32. The van der Waals surface area contributed by atoms with Gasteiger partial charge in [0.2, 0.25) is 0 Å². The van der Waals surface area contributed by atoms with Crippen LogP contribution in [0, 0.1) is 5.92 Å². The molecule has 1 saturated heterocycles. The molecule has 3 nitrogen and oxygen atoms in total. The molecule has 17 heavy (non-hydrogen) atoms. The summed E-state index contributed by atoms with van der Waals surface area (Å²) in [5.74, 6) is 0.413. The minimum absolute atomic E-state index is 0.0686. The van der Waals surface area contributed by atoms with Gasteiger partial charge in [-0.2, -0.15) is 0 Å². The Morgan fingerprint density at radius 2 is 1.88 bits per heavy atom. The van der Waals surface area contributed by atoms with Crippen LogP contribution < -0.4 is 0 Å².